The lowest BCUT2D eigenvalue weighted by Crippen LogP contribution is -2.52. The van der Waals surface area contributed by atoms with Gasteiger partial charge >= 0.3 is 0 Å². The molecule has 1 fully saturated rings. The number of fused-ring (bicyclic) bond motifs is 1. The van der Waals surface area contributed by atoms with Crippen molar-refractivity contribution in [1.82, 2.24) is 16.2 Å². The third-order valence-electron chi connectivity index (χ3n) is 4.72. The minimum Gasteiger partial charge on any atom is -0.485 e. The van der Waals surface area contributed by atoms with Crippen LogP contribution in [0.4, 0.5) is 0 Å². The van der Waals surface area contributed by atoms with Crippen molar-refractivity contribution in [2.24, 2.45) is 0 Å². The topological polar surface area (TPSA) is 71.6 Å². The maximum Gasteiger partial charge on any atom is 0.265 e. The van der Waals surface area contributed by atoms with E-state index in [0.717, 1.165) is 10.0 Å². The number of hydrazine groups is 1. The number of rotatable bonds is 3. The first-order valence-corrected chi connectivity index (χ1v) is 9.36. The van der Waals surface area contributed by atoms with Crippen LogP contribution in [0.3, 0.4) is 0 Å². The summed E-state index contributed by atoms with van der Waals surface area (Å²) < 4.78 is 12.5. The smallest absolute Gasteiger partial charge is 0.265 e. The van der Waals surface area contributed by atoms with E-state index < -0.39 is 6.10 Å². The van der Waals surface area contributed by atoms with E-state index in [1.54, 1.807) is 6.07 Å². The lowest BCUT2D eigenvalue weighted by atomic mass is 9.91. The van der Waals surface area contributed by atoms with Crippen molar-refractivity contribution in [1.29, 1.82) is 0 Å². The van der Waals surface area contributed by atoms with Gasteiger partial charge in [-0.25, -0.2) is 5.43 Å². The van der Waals surface area contributed by atoms with E-state index in [1.807, 2.05) is 30.3 Å². The molecule has 2 aliphatic rings. The number of hydrogen-bond acceptors (Lipinski definition) is 5. The molecule has 3 N–H and O–H groups in total. The predicted molar refractivity (Wildman–Crippen MR) is 101 cm³/mol. The molecule has 6 nitrogen and oxygen atoms in total. The largest absolute Gasteiger partial charge is 0.485 e. The molecule has 26 heavy (non-hydrogen) atoms. The first-order valence-electron chi connectivity index (χ1n) is 8.57. The second-order valence-corrected chi connectivity index (χ2v) is 7.42. The Balaban J connectivity index is 1.46. The van der Waals surface area contributed by atoms with Crippen molar-refractivity contribution in [3.8, 4) is 11.5 Å². The fourth-order valence-electron chi connectivity index (χ4n) is 3.38. The van der Waals surface area contributed by atoms with Crippen LogP contribution < -0.4 is 25.6 Å². The van der Waals surface area contributed by atoms with Crippen LogP contribution in [-0.2, 0) is 4.79 Å². The number of hydrogen-bond donors (Lipinski definition) is 3. The summed E-state index contributed by atoms with van der Waals surface area (Å²) in [6.45, 7) is 2.28. The molecule has 0 radical (unpaired) electrons. The molecular formula is C19H20BrN3O3. The summed E-state index contributed by atoms with van der Waals surface area (Å²) in [5.41, 5.74) is 7.52. The van der Waals surface area contributed by atoms with E-state index in [0.29, 0.717) is 11.5 Å². The molecule has 2 aromatic carbocycles. The Labute approximate surface area is 160 Å². The van der Waals surface area contributed by atoms with Crippen molar-refractivity contribution in [3.05, 3.63) is 58.6 Å². The van der Waals surface area contributed by atoms with Crippen molar-refractivity contribution in [3.63, 3.8) is 0 Å². The third-order valence-corrected chi connectivity index (χ3v) is 5.25. The lowest BCUT2D eigenvalue weighted by molar-refractivity contribution is -0.131. The van der Waals surface area contributed by atoms with Crippen molar-refractivity contribution < 1.29 is 14.3 Å². The van der Waals surface area contributed by atoms with Gasteiger partial charge in [0.1, 0.15) is 12.8 Å². The molecule has 0 aromatic heterocycles. The minimum atomic E-state index is -0.673. The van der Waals surface area contributed by atoms with Crippen LogP contribution in [0.5, 0.6) is 11.5 Å². The van der Waals surface area contributed by atoms with Crippen molar-refractivity contribution in [2.75, 3.05) is 6.61 Å². The average molecular weight is 418 g/mol. The Hall–Kier alpha value is -2.09. The van der Waals surface area contributed by atoms with Gasteiger partial charge < -0.3 is 14.8 Å². The molecular weight excluding hydrogens is 398 g/mol. The summed E-state index contributed by atoms with van der Waals surface area (Å²) in [7, 11) is 0. The number of halogens is 1. The number of carbonyl (C=O) groups is 1. The van der Waals surface area contributed by atoms with Gasteiger partial charge in [-0.2, -0.15) is 0 Å². The Morgan fingerprint density at radius 2 is 1.85 bits per heavy atom. The number of carbonyl (C=O) groups excluding carboxylic acids is 1. The zero-order valence-corrected chi connectivity index (χ0v) is 15.8. The van der Waals surface area contributed by atoms with E-state index in [1.165, 1.54) is 0 Å². The molecule has 2 heterocycles. The average Bonchev–Trinajstić information content (AvgIpc) is 3.02. The standard InChI is InChI=1S/C19H20BrN3O3/c1-11-17(12-6-8-13(20)9-7-12)18(23-22-11)21-19(24)16-10-25-14-4-2-3-5-15(14)26-16/h2-9,11,16-18,22-23H,10H2,1H3,(H,21,24). The second kappa shape index (κ2) is 7.26. The van der Waals surface area contributed by atoms with Crippen LogP contribution in [0, 0.1) is 0 Å². The number of nitrogens with one attached hydrogen (secondary N) is 3. The van der Waals surface area contributed by atoms with Gasteiger partial charge in [0.2, 0.25) is 6.10 Å². The van der Waals surface area contributed by atoms with Crippen LogP contribution in [-0.4, -0.2) is 30.8 Å². The molecule has 4 rings (SSSR count). The second-order valence-electron chi connectivity index (χ2n) is 6.51. The Morgan fingerprint density at radius 1 is 1.12 bits per heavy atom. The van der Waals surface area contributed by atoms with Gasteiger partial charge in [-0.3, -0.25) is 10.2 Å². The molecule has 1 amide bonds. The quantitative estimate of drug-likeness (QED) is 0.714. The molecule has 4 unspecified atom stereocenters. The van der Waals surface area contributed by atoms with Gasteiger partial charge in [0.25, 0.3) is 5.91 Å². The molecule has 7 heteroatoms. The van der Waals surface area contributed by atoms with E-state index in [2.05, 4.69) is 51.2 Å². The molecule has 1 saturated heterocycles. The summed E-state index contributed by atoms with van der Waals surface area (Å²) >= 11 is 3.46. The van der Waals surface area contributed by atoms with Gasteiger partial charge in [0.05, 0.1) is 0 Å². The highest BCUT2D eigenvalue weighted by atomic mass is 79.9. The molecule has 0 saturated carbocycles. The maximum absolute atomic E-state index is 12.7. The highest BCUT2D eigenvalue weighted by Crippen LogP contribution is 2.31. The van der Waals surface area contributed by atoms with Crippen LogP contribution in [0.15, 0.2) is 53.0 Å². The van der Waals surface area contributed by atoms with Gasteiger partial charge in [0.15, 0.2) is 11.5 Å². The molecule has 136 valence electrons. The van der Waals surface area contributed by atoms with Crippen LogP contribution >= 0.6 is 15.9 Å². The van der Waals surface area contributed by atoms with Crippen molar-refractivity contribution >= 4 is 21.8 Å². The molecule has 4 atom stereocenters. The zero-order chi connectivity index (χ0) is 18.1. The SMILES string of the molecule is CC1NNC(NC(=O)C2COc3ccccc3O2)C1c1ccc(Br)cc1. The van der Waals surface area contributed by atoms with Gasteiger partial charge in [0, 0.05) is 16.4 Å². The summed E-state index contributed by atoms with van der Waals surface area (Å²) in [5.74, 6) is 1.16. The number of para-hydroxylation sites is 2. The lowest BCUT2D eigenvalue weighted by Gasteiger charge is -2.28. The highest BCUT2D eigenvalue weighted by Gasteiger charge is 2.37. The fraction of sp³-hybridized carbons (Fsp3) is 0.316. The van der Waals surface area contributed by atoms with Gasteiger partial charge in [-0.05, 0) is 36.8 Å². The minimum absolute atomic E-state index is 0.101. The monoisotopic (exact) mass is 417 g/mol. The highest BCUT2D eigenvalue weighted by molar-refractivity contribution is 9.10. The summed E-state index contributed by atoms with van der Waals surface area (Å²) in [6.07, 6.45) is -0.910. The summed E-state index contributed by atoms with van der Waals surface area (Å²) in [5, 5.41) is 3.04. The fourth-order valence-corrected chi connectivity index (χ4v) is 3.64. The predicted octanol–water partition coefficient (Wildman–Crippen LogP) is 2.31. The van der Waals surface area contributed by atoms with Crippen molar-refractivity contribution in [2.45, 2.75) is 31.2 Å². The normalized spacial score (nSPS) is 27.2. The van der Waals surface area contributed by atoms with Gasteiger partial charge in [-0.15, -0.1) is 0 Å². The van der Waals surface area contributed by atoms with Gasteiger partial charge in [-0.1, -0.05) is 40.2 Å². The molecule has 2 aromatic rings. The zero-order valence-electron chi connectivity index (χ0n) is 14.2. The summed E-state index contributed by atoms with van der Waals surface area (Å²) in [4.78, 5) is 12.7. The van der Waals surface area contributed by atoms with Crippen LogP contribution in [0.1, 0.15) is 18.4 Å². The van der Waals surface area contributed by atoms with E-state index in [9.17, 15) is 4.79 Å². The summed E-state index contributed by atoms with van der Waals surface area (Å²) in [6, 6.07) is 15.7. The molecule has 2 aliphatic heterocycles. The van der Waals surface area contributed by atoms with Crippen LogP contribution in [0.2, 0.25) is 0 Å². The van der Waals surface area contributed by atoms with E-state index in [-0.39, 0.29) is 30.6 Å². The Kier molecular flexibility index (Phi) is 4.84. The Morgan fingerprint density at radius 3 is 2.62 bits per heavy atom. The number of ether oxygens (including phenoxy) is 2. The maximum atomic E-state index is 12.7. The third kappa shape index (κ3) is 3.42. The van der Waals surface area contributed by atoms with Crippen LogP contribution in [0.25, 0.3) is 0 Å². The number of benzene rings is 2. The number of amides is 1. The molecule has 0 bridgehead atoms. The Bertz CT molecular complexity index is 799. The molecule has 0 spiro atoms. The first-order chi connectivity index (χ1) is 12.6. The molecule has 0 aliphatic carbocycles. The van der Waals surface area contributed by atoms with E-state index in [4.69, 9.17) is 9.47 Å². The van der Waals surface area contributed by atoms with E-state index >= 15 is 0 Å². The first kappa shape index (κ1) is 17.3.